The molecule has 94 valence electrons. The fourth-order valence-electron chi connectivity index (χ4n) is 1.66. The van der Waals surface area contributed by atoms with Crippen molar-refractivity contribution in [3.05, 3.63) is 58.1 Å². The number of aryl methyl sites for hydroxylation is 1. The van der Waals surface area contributed by atoms with E-state index >= 15 is 0 Å². The zero-order chi connectivity index (χ0) is 13.0. The number of hydrogen-bond acceptors (Lipinski definition) is 2. The van der Waals surface area contributed by atoms with Crippen molar-refractivity contribution in [3.63, 3.8) is 0 Å². The third-order valence-electron chi connectivity index (χ3n) is 2.66. The molecular formula is C15H15BrO2. The van der Waals surface area contributed by atoms with Crippen molar-refractivity contribution in [2.45, 2.75) is 13.5 Å². The Hall–Kier alpha value is -1.48. The standard InChI is InChI=1S/C15H15BrO2/c1-11-7-8-12(13(16)9-11)10-18-15-6-4-3-5-14(15)17-2/h3-9H,10H2,1-2H3. The van der Waals surface area contributed by atoms with Crippen LogP contribution >= 0.6 is 15.9 Å². The highest BCUT2D eigenvalue weighted by atomic mass is 79.9. The summed E-state index contributed by atoms with van der Waals surface area (Å²) in [6.45, 7) is 2.58. The van der Waals surface area contributed by atoms with Crippen molar-refractivity contribution < 1.29 is 9.47 Å². The Balaban J connectivity index is 2.11. The molecule has 18 heavy (non-hydrogen) atoms. The van der Waals surface area contributed by atoms with Crippen LogP contribution in [0.2, 0.25) is 0 Å². The molecule has 0 radical (unpaired) electrons. The Labute approximate surface area is 116 Å². The van der Waals surface area contributed by atoms with E-state index in [0.29, 0.717) is 6.61 Å². The van der Waals surface area contributed by atoms with E-state index in [1.54, 1.807) is 7.11 Å². The van der Waals surface area contributed by atoms with Gasteiger partial charge in [0.05, 0.1) is 7.11 Å². The van der Waals surface area contributed by atoms with Gasteiger partial charge < -0.3 is 9.47 Å². The third-order valence-corrected chi connectivity index (χ3v) is 3.40. The van der Waals surface area contributed by atoms with Gasteiger partial charge in [-0.05, 0) is 30.7 Å². The molecule has 0 saturated carbocycles. The summed E-state index contributed by atoms with van der Waals surface area (Å²) in [5, 5.41) is 0. The van der Waals surface area contributed by atoms with Crippen LogP contribution in [0.5, 0.6) is 11.5 Å². The Morgan fingerprint density at radius 1 is 1.06 bits per heavy atom. The highest BCUT2D eigenvalue weighted by Gasteiger charge is 2.05. The largest absolute Gasteiger partial charge is 0.493 e. The molecule has 2 rings (SSSR count). The number of para-hydroxylation sites is 2. The third kappa shape index (κ3) is 3.05. The Bertz CT molecular complexity index is 538. The van der Waals surface area contributed by atoms with Crippen molar-refractivity contribution in [1.82, 2.24) is 0 Å². The molecule has 0 unspecified atom stereocenters. The van der Waals surface area contributed by atoms with Gasteiger partial charge in [0.1, 0.15) is 6.61 Å². The van der Waals surface area contributed by atoms with E-state index < -0.39 is 0 Å². The van der Waals surface area contributed by atoms with Crippen molar-refractivity contribution in [3.8, 4) is 11.5 Å². The molecule has 0 fully saturated rings. The summed E-state index contributed by atoms with van der Waals surface area (Å²) in [6.07, 6.45) is 0. The predicted molar refractivity (Wildman–Crippen MR) is 76.2 cm³/mol. The molecule has 0 aliphatic heterocycles. The first kappa shape index (κ1) is 13.0. The van der Waals surface area contributed by atoms with E-state index in [9.17, 15) is 0 Å². The maximum atomic E-state index is 5.78. The van der Waals surface area contributed by atoms with Gasteiger partial charge in [-0.1, -0.05) is 40.2 Å². The van der Waals surface area contributed by atoms with Gasteiger partial charge in [0.25, 0.3) is 0 Å². The highest BCUT2D eigenvalue weighted by molar-refractivity contribution is 9.10. The molecule has 0 N–H and O–H groups in total. The second-order valence-electron chi connectivity index (χ2n) is 4.03. The molecule has 2 aromatic carbocycles. The lowest BCUT2D eigenvalue weighted by molar-refractivity contribution is 0.284. The van der Waals surface area contributed by atoms with Crippen molar-refractivity contribution in [2.24, 2.45) is 0 Å². The average Bonchev–Trinajstić information content (AvgIpc) is 2.38. The van der Waals surface area contributed by atoms with Gasteiger partial charge in [-0.25, -0.2) is 0 Å². The van der Waals surface area contributed by atoms with Crippen LogP contribution in [-0.4, -0.2) is 7.11 Å². The lowest BCUT2D eigenvalue weighted by Gasteiger charge is -2.11. The van der Waals surface area contributed by atoms with Crippen LogP contribution in [0.15, 0.2) is 46.9 Å². The zero-order valence-electron chi connectivity index (χ0n) is 10.4. The number of halogens is 1. The van der Waals surface area contributed by atoms with E-state index in [4.69, 9.17) is 9.47 Å². The smallest absolute Gasteiger partial charge is 0.161 e. The number of methoxy groups -OCH3 is 1. The summed E-state index contributed by atoms with van der Waals surface area (Å²) < 4.78 is 12.1. The Morgan fingerprint density at radius 3 is 2.44 bits per heavy atom. The number of benzene rings is 2. The molecule has 0 aliphatic carbocycles. The SMILES string of the molecule is COc1ccccc1OCc1ccc(C)cc1Br. The molecular weight excluding hydrogens is 292 g/mol. The molecule has 2 aromatic rings. The van der Waals surface area contributed by atoms with Gasteiger partial charge in [0.2, 0.25) is 0 Å². The van der Waals surface area contributed by atoms with Crippen molar-refractivity contribution >= 4 is 15.9 Å². The highest BCUT2D eigenvalue weighted by Crippen LogP contribution is 2.27. The molecule has 0 saturated heterocycles. The Kier molecular flexibility index (Phi) is 4.26. The Morgan fingerprint density at radius 2 is 1.78 bits per heavy atom. The summed E-state index contributed by atoms with van der Waals surface area (Å²) >= 11 is 3.54. The molecule has 0 atom stereocenters. The topological polar surface area (TPSA) is 18.5 Å². The normalized spacial score (nSPS) is 10.2. The van der Waals surface area contributed by atoms with Gasteiger partial charge in [0, 0.05) is 10.0 Å². The summed E-state index contributed by atoms with van der Waals surface area (Å²) in [7, 11) is 1.64. The number of ether oxygens (including phenoxy) is 2. The first-order valence-corrected chi connectivity index (χ1v) is 6.51. The first-order valence-electron chi connectivity index (χ1n) is 5.71. The van der Waals surface area contributed by atoms with Crippen molar-refractivity contribution in [2.75, 3.05) is 7.11 Å². The van der Waals surface area contributed by atoms with Crippen LogP contribution < -0.4 is 9.47 Å². The van der Waals surface area contributed by atoms with Gasteiger partial charge in [-0.2, -0.15) is 0 Å². The van der Waals surface area contributed by atoms with Crippen LogP contribution in [0, 0.1) is 6.92 Å². The van der Waals surface area contributed by atoms with Crippen molar-refractivity contribution in [1.29, 1.82) is 0 Å². The van der Waals surface area contributed by atoms with Gasteiger partial charge in [-0.3, -0.25) is 0 Å². The summed E-state index contributed by atoms with van der Waals surface area (Å²) in [5.74, 6) is 1.51. The van der Waals surface area contributed by atoms with Gasteiger partial charge >= 0.3 is 0 Å². The minimum Gasteiger partial charge on any atom is -0.493 e. The summed E-state index contributed by atoms with van der Waals surface area (Å²) in [6, 6.07) is 13.9. The fourth-order valence-corrected chi connectivity index (χ4v) is 2.27. The van der Waals surface area contributed by atoms with E-state index in [1.807, 2.05) is 24.3 Å². The second kappa shape index (κ2) is 5.91. The predicted octanol–water partition coefficient (Wildman–Crippen LogP) is 4.35. The number of rotatable bonds is 4. The van der Waals surface area contributed by atoms with Crippen LogP contribution in [0.1, 0.15) is 11.1 Å². The van der Waals surface area contributed by atoms with Gasteiger partial charge in [0.15, 0.2) is 11.5 Å². The zero-order valence-corrected chi connectivity index (χ0v) is 12.0. The quantitative estimate of drug-likeness (QED) is 0.836. The van der Waals surface area contributed by atoms with Crippen LogP contribution in [-0.2, 0) is 6.61 Å². The fraction of sp³-hybridized carbons (Fsp3) is 0.200. The van der Waals surface area contributed by atoms with E-state index in [1.165, 1.54) is 5.56 Å². The van der Waals surface area contributed by atoms with Crippen LogP contribution in [0.25, 0.3) is 0 Å². The first-order chi connectivity index (χ1) is 8.70. The van der Waals surface area contributed by atoms with E-state index in [0.717, 1.165) is 21.5 Å². The molecule has 3 heteroatoms. The van der Waals surface area contributed by atoms with Gasteiger partial charge in [-0.15, -0.1) is 0 Å². The molecule has 0 amide bonds. The summed E-state index contributed by atoms with van der Waals surface area (Å²) in [5.41, 5.74) is 2.34. The minimum absolute atomic E-state index is 0.515. The van der Waals surface area contributed by atoms with Crippen LogP contribution in [0.3, 0.4) is 0 Å². The summed E-state index contributed by atoms with van der Waals surface area (Å²) in [4.78, 5) is 0. The average molecular weight is 307 g/mol. The lowest BCUT2D eigenvalue weighted by Crippen LogP contribution is -1.98. The maximum absolute atomic E-state index is 5.78. The molecule has 2 nitrogen and oxygen atoms in total. The molecule has 0 bridgehead atoms. The molecule has 0 spiro atoms. The lowest BCUT2D eigenvalue weighted by atomic mass is 10.2. The van der Waals surface area contributed by atoms with E-state index in [-0.39, 0.29) is 0 Å². The second-order valence-corrected chi connectivity index (χ2v) is 4.89. The minimum atomic E-state index is 0.515. The molecule has 0 heterocycles. The van der Waals surface area contributed by atoms with E-state index in [2.05, 4.69) is 41.1 Å². The number of hydrogen-bond donors (Lipinski definition) is 0. The van der Waals surface area contributed by atoms with Crippen LogP contribution in [0.4, 0.5) is 0 Å². The molecule has 0 aliphatic rings. The molecule has 0 aromatic heterocycles. The monoisotopic (exact) mass is 306 g/mol. The maximum Gasteiger partial charge on any atom is 0.161 e.